The predicted octanol–water partition coefficient (Wildman–Crippen LogP) is 20.3. The fraction of sp³-hybridized carbons (Fsp3) is 0.433. The van der Waals surface area contributed by atoms with Gasteiger partial charge in [0.2, 0.25) is 11.8 Å². The summed E-state index contributed by atoms with van der Waals surface area (Å²) in [5, 5.41) is 14.8. The molecule has 7 N–H and O–H groups in total. The second kappa shape index (κ2) is 43.7. The number of nitrogen functional groups attached to an aromatic ring is 2. The number of carbonyl (C=O) groups is 5. The summed E-state index contributed by atoms with van der Waals surface area (Å²) < 4.78 is 151. The van der Waals surface area contributed by atoms with Crippen molar-refractivity contribution in [2.45, 2.75) is 213 Å². The summed E-state index contributed by atoms with van der Waals surface area (Å²) in [5.74, 6) is -17.6. The third-order valence-corrected chi connectivity index (χ3v) is 20.2. The Morgan fingerprint density at radius 2 is 0.765 bits per heavy atom. The van der Waals surface area contributed by atoms with Crippen molar-refractivity contribution >= 4 is 164 Å². The number of benzene rings is 5. The summed E-state index contributed by atoms with van der Waals surface area (Å²) >= 11 is 34.8. The number of aliphatic hydroxyl groups excluding tert-OH is 1. The molecule has 4 aromatic heterocycles. The zero-order valence-electron chi connectivity index (χ0n) is 75.4. The molecule has 9 atom stereocenters. The largest absolute Gasteiger partial charge is 0.471 e. The smallest absolute Gasteiger partial charge is 0.411 e. The van der Waals surface area contributed by atoms with Gasteiger partial charge in [-0.1, -0.05) is 117 Å². The molecule has 132 heavy (non-hydrogen) atoms. The third-order valence-electron chi connectivity index (χ3n) is 18.8. The zero-order chi connectivity index (χ0) is 98.9. The van der Waals surface area contributed by atoms with Crippen molar-refractivity contribution in [1.82, 2.24) is 55.0 Å². The van der Waals surface area contributed by atoms with Crippen molar-refractivity contribution in [3.63, 3.8) is 0 Å². The molecule has 27 nitrogen and oxygen atoms in total. The number of anilines is 2. The normalized spacial score (nSPS) is 18.7. The Balaban J connectivity index is 0.000000254. The first kappa shape index (κ1) is 110. The number of hydrogen-bond acceptors (Lipinski definition) is 24. The second-order valence-corrected chi connectivity index (χ2v) is 37.8. The minimum atomic E-state index is -3.56. The molecule has 3 aliphatic heterocycles. The number of allylic oxidation sites excluding steroid dienone is 4. The van der Waals surface area contributed by atoms with Gasteiger partial charge in [0.25, 0.3) is 5.56 Å². The van der Waals surface area contributed by atoms with E-state index in [1.54, 1.807) is 155 Å². The highest BCUT2D eigenvalue weighted by atomic mass is 35.5. The van der Waals surface area contributed by atoms with Crippen molar-refractivity contribution in [3.05, 3.63) is 205 Å². The zero-order valence-corrected chi connectivity index (χ0v) is 80.0. The Kier molecular flexibility index (Phi) is 36.5. The molecule has 42 heteroatoms. The van der Waals surface area contributed by atoms with Crippen LogP contribution >= 0.6 is 69.6 Å². The fourth-order valence-corrected chi connectivity index (χ4v) is 13.6. The van der Waals surface area contributed by atoms with Crippen LogP contribution < -0.4 is 31.8 Å². The lowest BCUT2D eigenvalue weighted by molar-refractivity contribution is -0.162. The van der Waals surface area contributed by atoms with E-state index in [0.29, 0.717) is 82.9 Å². The molecule has 0 unspecified atom stereocenters. The molecule has 9 aromatic rings. The average molecular weight is 1970 g/mol. The Bertz CT molecular complexity index is 5800. The minimum absolute atomic E-state index is 0. The fourth-order valence-electron chi connectivity index (χ4n) is 12.5. The molecule has 0 spiro atoms. The van der Waals surface area contributed by atoms with E-state index in [4.69, 9.17) is 114 Å². The first-order valence-electron chi connectivity index (χ1n) is 40.3. The highest BCUT2D eigenvalue weighted by Gasteiger charge is 2.52. The number of fused-ring (bicyclic) bond motifs is 4. The number of nitrogens with two attached hydrogens (primary N) is 2. The number of hydrogen-bond donors (Lipinski definition) is 5. The molecular formula is C90H103BCl6F8N13O14. The highest BCUT2D eigenvalue weighted by molar-refractivity contribution is 6.33. The minimum Gasteiger partial charge on any atom is -0.471 e. The molecule has 12 rings (SSSR count). The number of β-amino-alcohol motifs (C(OH)–C–C–N with tert-alkyl or cyclic N) is 1. The number of nitrogens with zero attached hydrogens (tertiary/aromatic N) is 9. The summed E-state index contributed by atoms with van der Waals surface area (Å²) in [7, 11) is 0. The van der Waals surface area contributed by atoms with E-state index in [2.05, 4.69) is 71.5 Å². The lowest BCUT2D eigenvalue weighted by atomic mass is 10.00. The Morgan fingerprint density at radius 1 is 0.424 bits per heavy atom. The van der Waals surface area contributed by atoms with E-state index in [-0.39, 0.29) is 67.1 Å². The number of halogens is 14. The van der Waals surface area contributed by atoms with Crippen LogP contribution in [0.15, 0.2) is 146 Å². The summed E-state index contributed by atoms with van der Waals surface area (Å²) in [5.41, 5.74) is 6.73. The first-order valence-corrected chi connectivity index (χ1v) is 42.6. The lowest BCUT2D eigenvalue weighted by Gasteiger charge is -2.30. The number of aromatic nitrogens is 8. The summed E-state index contributed by atoms with van der Waals surface area (Å²) in [4.78, 5) is 107. The van der Waals surface area contributed by atoms with Gasteiger partial charge in [0.05, 0.1) is 74.7 Å². The number of amides is 2. The van der Waals surface area contributed by atoms with Crippen LogP contribution in [0.4, 0.5) is 56.1 Å². The molecule has 3 radical (unpaired) electrons. The van der Waals surface area contributed by atoms with Gasteiger partial charge in [-0.15, -0.1) is 0 Å². The van der Waals surface area contributed by atoms with Crippen LogP contribution in [-0.2, 0) is 61.8 Å². The van der Waals surface area contributed by atoms with E-state index in [1.807, 2.05) is 0 Å². The van der Waals surface area contributed by atoms with Gasteiger partial charge in [0.1, 0.15) is 58.3 Å². The first-order chi connectivity index (χ1) is 60.2. The SMILES string of the molecule is C=CC(F)(F)c1nc2ccc(Cl)cc2[nH]c1=O.C=CC(F)(F)c1nc2ccc(Cl)cc2nc1Cl.C=CC(F)(F)c1nc2ccc(Cl)cc2nc1O[C@H]1CN(C(=O)OC(C)(C)C)[C@H](C(=O)OC(C)(C)C)[C@@H]1C.C=CC(F)(F)c1nc2ccc(Cl)cc2nc1O[C@H]1CN[C@H](C(=O)OC(C)(C)C)[C@@H]1C.C[C@H]1[C@@H](C(=O)OC(C)(C)C)N(C(=O)OC(C)(C)C)C[C@@H]1O.Nc1ccc(Cl)cc1N.[B]. The van der Waals surface area contributed by atoms with Gasteiger partial charge in [-0.2, -0.15) is 35.1 Å². The maximum atomic E-state index is 14.8. The molecule has 2 amide bonds. The molecule has 3 saturated heterocycles. The molecule has 0 saturated carbocycles. The lowest BCUT2D eigenvalue weighted by Crippen LogP contribution is -2.47. The Hall–Kier alpha value is -10.5. The van der Waals surface area contributed by atoms with Crippen molar-refractivity contribution in [2.24, 2.45) is 17.8 Å². The number of ether oxygens (including phenoxy) is 7. The topological polar surface area (TPSA) is 364 Å². The molecular weight excluding hydrogens is 1860 g/mol. The Labute approximate surface area is 789 Å². The molecule has 7 heterocycles. The molecule has 713 valence electrons. The Morgan fingerprint density at radius 3 is 1.17 bits per heavy atom. The van der Waals surface area contributed by atoms with Crippen molar-refractivity contribution in [1.29, 1.82) is 0 Å². The molecule has 0 bridgehead atoms. The number of carbonyl (C=O) groups excluding carboxylic acids is 5. The van der Waals surface area contributed by atoms with E-state index < -0.39 is 164 Å². The number of aromatic amines is 1. The number of nitrogens with one attached hydrogen (secondary N) is 2. The van der Waals surface area contributed by atoms with E-state index >= 15 is 0 Å². The van der Waals surface area contributed by atoms with Gasteiger partial charge in [0.15, 0.2) is 27.9 Å². The van der Waals surface area contributed by atoms with E-state index in [1.165, 1.54) is 70.5 Å². The molecule has 5 aromatic carbocycles. The maximum absolute atomic E-state index is 14.8. The third kappa shape index (κ3) is 30.0. The molecule has 3 fully saturated rings. The second-order valence-electron chi connectivity index (χ2n) is 35.3. The van der Waals surface area contributed by atoms with E-state index in [0.717, 1.165) is 0 Å². The average Bonchev–Trinajstić information content (AvgIpc) is 1.24. The van der Waals surface area contributed by atoms with Crippen molar-refractivity contribution in [3.8, 4) is 11.8 Å². The van der Waals surface area contributed by atoms with Gasteiger partial charge in [0, 0.05) is 57.8 Å². The number of likely N-dealkylation sites (tertiary alicyclic amines) is 2. The standard InChI is InChI=1S/C26H32ClF2N3O5.C21H24ClF2N3O3.C15H27NO5.C11H6Cl2F2N2.C11H7ClF2N2O.C6H7ClN2.B/c1-9-26(28,29)20-21(31-17-12-15(27)10-11-16(17)30-20)35-18-13-32(23(34)37-25(6,7)8)19(14(18)2)22(33)36-24(3,4)5;1-6-21(23,24)17-18(27-14-9-12(22)7-8-13(14)26-17)29-15-10-25-16(11(15)2)19(28)30-20(3,4)5;1-9-10(17)8-16(13(19)21-15(5,6)7)11(9)12(18)20-14(2,3)4;1-2-11(14,15)9-10(13)17-8-5-6(12)3-4-7(8)16-9;1-2-11(13,14)9-10(17)16-8-5-6(12)3-4-7(8)15-9;7-4-1-2-5(8)6(9)3-4;/h9-12,14,18-19H,1,13H2,2-8H3;6-9,11,15-16,25H,1,10H2,2-5H3;9-11,17H,8H2,1-7H3;2-5H,1H2;2-5H,1H2,(H,16,17);1-3H,8-9H2;/t14-,18+,19+;11-,15+,16+;9-,10+,11+;;;;/m111..../s1. The van der Waals surface area contributed by atoms with Gasteiger partial charge >= 0.3 is 53.8 Å². The monoisotopic (exact) mass is 1960 g/mol. The van der Waals surface area contributed by atoms with Gasteiger partial charge in [-0.3, -0.25) is 19.4 Å². The predicted molar refractivity (Wildman–Crippen MR) is 494 cm³/mol. The molecule has 0 aliphatic carbocycles. The van der Waals surface area contributed by atoms with Crippen molar-refractivity contribution in [2.75, 3.05) is 31.1 Å². The number of H-pyrrole nitrogens is 1. The van der Waals surface area contributed by atoms with Gasteiger partial charge in [-0.25, -0.2) is 54.1 Å². The van der Waals surface area contributed by atoms with Crippen molar-refractivity contribution < 1.29 is 97.4 Å². The number of alkyl halides is 8. The van der Waals surface area contributed by atoms with Crippen LogP contribution in [0.2, 0.25) is 30.3 Å². The van der Waals surface area contributed by atoms with Gasteiger partial charge in [-0.05, 0) is 219 Å². The summed E-state index contributed by atoms with van der Waals surface area (Å²) in [6.07, 6.45) is -1.84. The van der Waals surface area contributed by atoms with Crippen LogP contribution in [0.5, 0.6) is 11.8 Å². The maximum Gasteiger partial charge on any atom is 0.411 e. The summed E-state index contributed by atoms with van der Waals surface area (Å²) in [6.45, 7) is 43.9. The van der Waals surface area contributed by atoms with Crippen LogP contribution in [-0.4, -0.2) is 177 Å². The van der Waals surface area contributed by atoms with E-state index in [9.17, 15) is 69.0 Å². The molecule has 3 aliphatic rings. The van der Waals surface area contributed by atoms with Crippen LogP contribution in [0, 0.1) is 17.8 Å². The summed E-state index contributed by atoms with van der Waals surface area (Å²) in [6, 6.07) is 20.5. The van der Waals surface area contributed by atoms with Crippen LogP contribution in [0.3, 0.4) is 0 Å². The van der Waals surface area contributed by atoms with Gasteiger partial charge < -0.3 is 60.0 Å². The quantitative estimate of drug-likeness (QED) is 0.0159. The highest BCUT2D eigenvalue weighted by Crippen LogP contribution is 2.42. The number of aliphatic hydroxyl groups is 1. The van der Waals surface area contributed by atoms with Crippen LogP contribution in [0.1, 0.15) is 147 Å². The van der Waals surface area contributed by atoms with Crippen LogP contribution in [0.25, 0.3) is 44.1 Å². The number of rotatable bonds is 15. The number of esters is 3.